The molecule has 0 fully saturated rings. The minimum Gasteiger partial charge on any atom is -0.493 e. The van der Waals surface area contributed by atoms with E-state index < -0.39 is 17.6 Å². The Labute approximate surface area is 173 Å². The van der Waals surface area contributed by atoms with Crippen LogP contribution in [0.25, 0.3) is 0 Å². The molecular weight excluding hydrogens is 490 g/mol. The van der Waals surface area contributed by atoms with Crippen molar-refractivity contribution < 1.29 is 27.4 Å². The van der Waals surface area contributed by atoms with Crippen molar-refractivity contribution in [3.05, 3.63) is 51.1 Å². The number of carbonyl (C=O) groups is 1. The summed E-state index contributed by atoms with van der Waals surface area (Å²) in [7, 11) is 3.04. The molecule has 0 spiro atoms. The van der Waals surface area contributed by atoms with Crippen molar-refractivity contribution in [3.63, 3.8) is 0 Å². The number of anilines is 1. The molecule has 0 heterocycles. The van der Waals surface area contributed by atoms with Gasteiger partial charge in [0.15, 0.2) is 11.5 Å². The second-order valence-corrected chi connectivity index (χ2v) is 6.63. The zero-order valence-electron chi connectivity index (χ0n) is 14.9. The summed E-state index contributed by atoms with van der Waals surface area (Å²) in [6, 6.07) is 8.08. The van der Waals surface area contributed by atoms with E-state index in [1.54, 1.807) is 12.1 Å². The van der Waals surface area contributed by atoms with Crippen LogP contribution in [0, 0.1) is 3.57 Å². The third kappa shape index (κ3) is 6.01. The fraction of sp³-hybridized carbons (Fsp3) is 0.222. The summed E-state index contributed by atoms with van der Waals surface area (Å²) < 4.78 is 49.3. The first-order valence-corrected chi connectivity index (χ1v) is 8.97. The Kier molecular flexibility index (Phi) is 7.49. The van der Waals surface area contributed by atoms with Gasteiger partial charge in [-0.1, -0.05) is 6.07 Å². The zero-order valence-corrected chi connectivity index (χ0v) is 17.1. The van der Waals surface area contributed by atoms with Gasteiger partial charge in [-0.2, -0.15) is 18.3 Å². The molecule has 2 rings (SSSR count). The number of nitrogens with one attached hydrogen (secondary N) is 2. The standard InChI is InChI=1S/C18H17F3IN3O3/c1-27-15-7-11(6-14(22)17(15)28-2)9-24-25-16(26)10-23-13-5-3-4-12(8-13)18(19,20)21/h3-9,23H,10H2,1-2H3,(H,25,26)/b24-9-. The number of alkyl halides is 3. The van der Waals surface area contributed by atoms with Crippen LogP contribution in [0.1, 0.15) is 11.1 Å². The molecule has 0 bridgehead atoms. The summed E-state index contributed by atoms with van der Waals surface area (Å²) in [6.45, 7) is -0.234. The average Bonchev–Trinajstić information content (AvgIpc) is 2.65. The Bertz CT molecular complexity index is 873. The first-order valence-electron chi connectivity index (χ1n) is 7.89. The molecule has 28 heavy (non-hydrogen) atoms. The average molecular weight is 507 g/mol. The van der Waals surface area contributed by atoms with Crippen LogP contribution in [0.15, 0.2) is 41.5 Å². The highest BCUT2D eigenvalue weighted by atomic mass is 127. The molecule has 0 aliphatic carbocycles. The lowest BCUT2D eigenvalue weighted by molar-refractivity contribution is -0.137. The molecule has 0 saturated carbocycles. The summed E-state index contributed by atoms with van der Waals surface area (Å²) >= 11 is 2.08. The van der Waals surface area contributed by atoms with Crippen LogP contribution in [-0.2, 0) is 11.0 Å². The van der Waals surface area contributed by atoms with E-state index in [2.05, 4.69) is 38.4 Å². The van der Waals surface area contributed by atoms with Gasteiger partial charge < -0.3 is 14.8 Å². The van der Waals surface area contributed by atoms with Crippen molar-refractivity contribution in [1.29, 1.82) is 0 Å². The van der Waals surface area contributed by atoms with Crippen LogP contribution < -0.4 is 20.2 Å². The Balaban J connectivity index is 1.93. The van der Waals surface area contributed by atoms with E-state index in [0.717, 1.165) is 15.7 Å². The second kappa shape index (κ2) is 9.62. The van der Waals surface area contributed by atoms with Crippen LogP contribution in [-0.4, -0.2) is 32.9 Å². The van der Waals surface area contributed by atoms with Crippen LogP contribution in [0.3, 0.4) is 0 Å². The fourth-order valence-corrected chi connectivity index (χ4v) is 3.06. The monoisotopic (exact) mass is 507 g/mol. The number of rotatable bonds is 7. The molecule has 0 aromatic heterocycles. The normalized spacial score (nSPS) is 11.4. The summed E-state index contributed by atoms with van der Waals surface area (Å²) in [5.41, 5.74) is 2.37. The Morgan fingerprint density at radius 1 is 1.21 bits per heavy atom. The summed E-state index contributed by atoms with van der Waals surface area (Å²) in [5, 5.41) is 6.46. The van der Waals surface area contributed by atoms with E-state index in [1.165, 1.54) is 32.6 Å². The highest BCUT2D eigenvalue weighted by Gasteiger charge is 2.30. The van der Waals surface area contributed by atoms with E-state index in [-0.39, 0.29) is 12.2 Å². The number of amides is 1. The molecule has 0 aliphatic heterocycles. The van der Waals surface area contributed by atoms with Crippen LogP contribution >= 0.6 is 22.6 Å². The maximum atomic E-state index is 12.7. The molecule has 2 aromatic carbocycles. The molecule has 2 N–H and O–H groups in total. The van der Waals surface area contributed by atoms with Crippen molar-refractivity contribution in [3.8, 4) is 11.5 Å². The number of benzene rings is 2. The van der Waals surface area contributed by atoms with Crippen LogP contribution in [0.4, 0.5) is 18.9 Å². The van der Waals surface area contributed by atoms with Gasteiger partial charge in [0.05, 0.1) is 36.1 Å². The SMILES string of the molecule is COc1cc(/C=N\NC(=O)CNc2cccc(C(F)(F)F)c2)cc(I)c1OC. The van der Waals surface area contributed by atoms with Gasteiger partial charge in [0.25, 0.3) is 5.91 Å². The first kappa shape index (κ1) is 21.8. The quantitative estimate of drug-likeness (QED) is 0.339. The zero-order chi connectivity index (χ0) is 20.7. The van der Waals surface area contributed by atoms with Crippen LogP contribution in [0.5, 0.6) is 11.5 Å². The lowest BCUT2D eigenvalue weighted by atomic mass is 10.2. The molecule has 0 aliphatic rings. The van der Waals surface area contributed by atoms with Crippen molar-refractivity contribution >= 4 is 40.4 Å². The van der Waals surface area contributed by atoms with Gasteiger partial charge in [-0.3, -0.25) is 4.79 Å². The number of hydrogen-bond donors (Lipinski definition) is 2. The topological polar surface area (TPSA) is 72.0 Å². The maximum absolute atomic E-state index is 12.7. The third-order valence-electron chi connectivity index (χ3n) is 3.50. The number of ether oxygens (including phenoxy) is 2. The molecule has 0 saturated heterocycles. The number of methoxy groups -OCH3 is 2. The number of halogens is 4. The van der Waals surface area contributed by atoms with Crippen LogP contribution in [0.2, 0.25) is 0 Å². The highest BCUT2D eigenvalue weighted by Crippen LogP contribution is 2.33. The summed E-state index contributed by atoms with van der Waals surface area (Å²) in [6.07, 6.45) is -3.02. The third-order valence-corrected chi connectivity index (χ3v) is 4.30. The van der Waals surface area contributed by atoms with Crippen molar-refractivity contribution in [1.82, 2.24) is 5.43 Å². The lowest BCUT2D eigenvalue weighted by Crippen LogP contribution is -2.26. The largest absolute Gasteiger partial charge is 0.493 e. The summed E-state index contributed by atoms with van der Waals surface area (Å²) in [5.74, 6) is 0.604. The maximum Gasteiger partial charge on any atom is 0.416 e. The predicted octanol–water partition coefficient (Wildman–Crippen LogP) is 3.89. The first-order chi connectivity index (χ1) is 13.2. The number of hydrazone groups is 1. The van der Waals surface area contributed by atoms with E-state index in [1.807, 2.05) is 0 Å². The minimum absolute atomic E-state index is 0.184. The predicted molar refractivity (Wildman–Crippen MR) is 108 cm³/mol. The van der Waals surface area contributed by atoms with Gasteiger partial charge in [0.2, 0.25) is 0 Å². The Morgan fingerprint density at radius 3 is 2.61 bits per heavy atom. The van der Waals surface area contributed by atoms with E-state index >= 15 is 0 Å². The van der Waals surface area contributed by atoms with Gasteiger partial charge in [0.1, 0.15) is 0 Å². The second-order valence-electron chi connectivity index (χ2n) is 5.46. The molecule has 0 radical (unpaired) electrons. The molecule has 2 aromatic rings. The number of nitrogens with zero attached hydrogens (tertiary/aromatic N) is 1. The van der Waals surface area contributed by atoms with Crippen molar-refractivity contribution in [2.45, 2.75) is 6.18 Å². The minimum atomic E-state index is -4.44. The lowest BCUT2D eigenvalue weighted by Gasteiger charge is -2.10. The molecule has 10 heteroatoms. The number of hydrogen-bond acceptors (Lipinski definition) is 5. The summed E-state index contributed by atoms with van der Waals surface area (Å²) in [4.78, 5) is 11.8. The van der Waals surface area contributed by atoms with Gasteiger partial charge in [0, 0.05) is 5.69 Å². The van der Waals surface area contributed by atoms with Crippen molar-refractivity contribution in [2.75, 3.05) is 26.1 Å². The van der Waals surface area contributed by atoms with E-state index in [0.29, 0.717) is 17.1 Å². The molecule has 150 valence electrons. The van der Waals surface area contributed by atoms with Crippen molar-refractivity contribution in [2.24, 2.45) is 5.10 Å². The van der Waals surface area contributed by atoms with Gasteiger partial charge in [-0.25, -0.2) is 5.43 Å². The van der Waals surface area contributed by atoms with Gasteiger partial charge in [-0.15, -0.1) is 0 Å². The van der Waals surface area contributed by atoms with Gasteiger partial charge in [-0.05, 0) is 58.5 Å². The number of carbonyl (C=O) groups excluding carboxylic acids is 1. The van der Waals surface area contributed by atoms with E-state index in [4.69, 9.17) is 9.47 Å². The molecule has 6 nitrogen and oxygen atoms in total. The Morgan fingerprint density at radius 2 is 1.96 bits per heavy atom. The smallest absolute Gasteiger partial charge is 0.416 e. The Hall–Kier alpha value is -2.50. The molecular formula is C18H17F3IN3O3. The fourth-order valence-electron chi connectivity index (χ4n) is 2.22. The molecule has 0 atom stereocenters. The highest BCUT2D eigenvalue weighted by molar-refractivity contribution is 14.1. The molecule has 0 unspecified atom stereocenters. The van der Waals surface area contributed by atoms with Gasteiger partial charge >= 0.3 is 6.18 Å². The van der Waals surface area contributed by atoms with E-state index in [9.17, 15) is 18.0 Å². The molecule has 1 amide bonds.